The number of methoxy groups -OCH3 is 1. The Morgan fingerprint density at radius 1 is 0.980 bits per heavy atom. The van der Waals surface area contributed by atoms with Crippen LogP contribution in [0.15, 0.2) is 67.0 Å². The second-order valence-corrected chi connectivity index (χ2v) is 13.5. The molecule has 254 valence electrons. The summed E-state index contributed by atoms with van der Waals surface area (Å²) in [5.41, 5.74) is 7.97. The van der Waals surface area contributed by atoms with Crippen molar-refractivity contribution in [3.8, 4) is 39.5 Å². The minimum atomic E-state index is 0.107. The van der Waals surface area contributed by atoms with E-state index in [-0.39, 0.29) is 11.9 Å². The van der Waals surface area contributed by atoms with E-state index in [4.69, 9.17) is 42.6 Å². The van der Waals surface area contributed by atoms with Gasteiger partial charge in [-0.05, 0) is 43.0 Å². The van der Waals surface area contributed by atoms with Gasteiger partial charge in [0.15, 0.2) is 0 Å². The van der Waals surface area contributed by atoms with Gasteiger partial charge in [-0.3, -0.25) is 9.78 Å². The van der Waals surface area contributed by atoms with Crippen molar-refractivity contribution < 1.29 is 14.3 Å². The lowest BCUT2D eigenvalue weighted by atomic mass is 9.99. The summed E-state index contributed by atoms with van der Waals surface area (Å²) in [6.45, 7) is 3.70. The van der Waals surface area contributed by atoms with Crippen LogP contribution in [0.4, 0.5) is 0 Å². The lowest BCUT2D eigenvalue weighted by Crippen LogP contribution is -2.35. The van der Waals surface area contributed by atoms with Gasteiger partial charge in [0.25, 0.3) is 0 Å². The number of hydrogen-bond donors (Lipinski definition) is 3. The van der Waals surface area contributed by atoms with Crippen LogP contribution in [0, 0.1) is 0 Å². The predicted octanol–water partition coefficient (Wildman–Crippen LogP) is 6.92. The number of carbonyl (C=O) groups excluding carboxylic acids is 1. The number of fused-ring (bicyclic) bond motifs is 1. The van der Waals surface area contributed by atoms with Gasteiger partial charge in [-0.1, -0.05) is 59.6 Å². The van der Waals surface area contributed by atoms with E-state index in [2.05, 4.69) is 52.0 Å². The van der Waals surface area contributed by atoms with E-state index in [0.29, 0.717) is 52.9 Å². The lowest BCUT2D eigenvalue weighted by molar-refractivity contribution is -0.119. The van der Waals surface area contributed by atoms with Gasteiger partial charge in [-0.25, -0.2) is 4.98 Å². The largest absolute Gasteiger partial charge is 0.481 e. The predicted molar refractivity (Wildman–Crippen MR) is 195 cm³/mol. The molecule has 9 nitrogen and oxygen atoms in total. The topological polar surface area (TPSA) is 102 Å². The molecule has 11 heteroatoms. The van der Waals surface area contributed by atoms with Crippen LogP contribution in [0.3, 0.4) is 0 Å². The number of pyridine rings is 2. The summed E-state index contributed by atoms with van der Waals surface area (Å²) in [5, 5.41) is 12.4. The third-order valence-electron chi connectivity index (χ3n) is 9.53. The van der Waals surface area contributed by atoms with Crippen molar-refractivity contribution in [2.45, 2.75) is 50.9 Å². The first-order chi connectivity index (χ1) is 23.9. The zero-order chi connectivity index (χ0) is 33.9. The van der Waals surface area contributed by atoms with Crippen LogP contribution in [0.25, 0.3) is 44.5 Å². The third kappa shape index (κ3) is 7.18. The van der Waals surface area contributed by atoms with E-state index in [1.807, 2.05) is 36.4 Å². The molecule has 1 amide bonds. The molecular weight excluding hydrogens is 659 g/mol. The molecule has 2 aliphatic rings. The summed E-state index contributed by atoms with van der Waals surface area (Å²) >= 11 is 14.3. The molecule has 7 rings (SSSR count). The highest BCUT2D eigenvalue weighted by atomic mass is 35.5. The molecule has 1 atom stereocenters. The van der Waals surface area contributed by atoms with Gasteiger partial charge in [-0.2, -0.15) is 0 Å². The monoisotopic (exact) mass is 698 g/mol. The van der Waals surface area contributed by atoms with Crippen LogP contribution in [0.5, 0.6) is 5.88 Å². The molecule has 5 aromatic rings. The molecule has 0 radical (unpaired) electrons. The van der Waals surface area contributed by atoms with E-state index >= 15 is 0 Å². The Morgan fingerprint density at radius 3 is 2.59 bits per heavy atom. The van der Waals surface area contributed by atoms with Crippen molar-refractivity contribution in [2.24, 2.45) is 7.05 Å². The van der Waals surface area contributed by atoms with Crippen molar-refractivity contribution in [2.75, 3.05) is 26.9 Å². The van der Waals surface area contributed by atoms with Crippen molar-refractivity contribution in [3.05, 3.63) is 88.2 Å². The minimum absolute atomic E-state index is 0.107. The Morgan fingerprint density at radius 2 is 1.80 bits per heavy atom. The molecule has 0 spiro atoms. The fourth-order valence-corrected chi connectivity index (χ4v) is 7.49. The number of ether oxygens (including phenoxy) is 2. The number of hydrogen-bond acceptors (Lipinski definition) is 7. The average Bonchev–Trinajstić information content (AvgIpc) is 3.69. The number of nitrogens with one attached hydrogen (secondary N) is 3. The first-order valence-electron chi connectivity index (χ1n) is 16.8. The van der Waals surface area contributed by atoms with E-state index in [1.165, 1.54) is 10.9 Å². The third-order valence-corrected chi connectivity index (χ3v) is 10.3. The molecule has 49 heavy (non-hydrogen) atoms. The van der Waals surface area contributed by atoms with Crippen LogP contribution in [-0.4, -0.2) is 59.4 Å². The van der Waals surface area contributed by atoms with Crippen LogP contribution in [0.2, 0.25) is 10.0 Å². The van der Waals surface area contributed by atoms with Crippen molar-refractivity contribution in [3.63, 3.8) is 0 Å². The maximum Gasteiger partial charge on any atom is 0.220 e. The van der Waals surface area contributed by atoms with Gasteiger partial charge in [0.1, 0.15) is 0 Å². The normalized spacial score (nSPS) is 16.7. The lowest BCUT2D eigenvalue weighted by Gasteiger charge is -2.23. The van der Waals surface area contributed by atoms with Gasteiger partial charge in [0, 0.05) is 110 Å². The summed E-state index contributed by atoms with van der Waals surface area (Å²) in [6.07, 6.45) is 7.48. The molecule has 2 aromatic carbocycles. The van der Waals surface area contributed by atoms with Crippen LogP contribution in [-0.2, 0) is 29.7 Å². The number of nitrogens with zero attached hydrogens (tertiary/aromatic N) is 3. The highest BCUT2D eigenvalue weighted by Crippen LogP contribution is 2.42. The molecule has 2 fully saturated rings. The van der Waals surface area contributed by atoms with E-state index in [9.17, 15) is 4.79 Å². The molecule has 5 heterocycles. The minimum Gasteiger partial charge on any atom is -0.481 e. The van der Waals surface area contributed by atoms with Crippen LogP contribution >= 0.6 is 23.2 Å². The highest BCUT2D eigenvalue weighted by molar-refractivity contribution is 6.39. The SMILES string of the molecule is COc1nc(-c2cccc(-c3ccnc(-c4ccc5c(CNC6CCOCC6)cn(C)c5c4)c3Cl)c2Cl)ccc1CNCC1CCC(=O)N1. The second-order valence-electron chi connectivity index (χ2n) is 12.8. The van der Waals surface area contributed by atoms with Gasteiger partial charge in [-0.15, -0.1) is 0 Å². The summed E-state index contributed by atoms with van der Waals surface area (Å²) in [4.78, 5) is 21.0. The number of rotatable bonds is 11. The quantitative estimate of drug-likeness (QED) is 0.138. The Balaban J connectivity index is 1.13. The van der Waals surface area contributed by atoms with Gasteiger partial charge in [0.2, 0.25) is 11.8 Å². The number of halogens is 2. The maximum atomic E-state index is 11.5. The number of amides is 1. The molecule has 0 bridgehead atoms. The number of benzene rings is 2. The molecular formula is C38H40Cl2N6O3. The fraction of sp³-hybridized carbons (Fsp3) is 0.342. The molecule has 3 aromatic heterocycles. The standard InChI is InChI=1S/C38H40Cl2N6O3/c1-46-22-25(20-43-26-13-16-49-17-14-26)28-9-6-23(18-33(28)46)37-36(40)30(12-15-42-37)29-4-3-5-31(35(29)39)32-10-7-24(38(45-32)48-2)19-41-21-27-8-11-34(47)44-27/h3-7,9-10,12,15,18,22,26-27,41,43H,8,11,13-14,16-17,19-21H2,1-2H3,(H,44,47). The first kappa shape index (κ1) is 33.5. The summed E-state index contributed by atoms with van der Waals surface area (Å²) in [5.74, 6) is 0.626. The van der Waals surface area contributed by atoms with Crippen molar-refractivity contribution >= 4 is 40.0 Å². The zero-order valence-electron chi connectivity index (χ0n) is 27.7. The van der Waals surface area contributed by atoms with Gasteiger partial charge < -0.3 is 30.0 Å². The number of aryl methyl sites for hydroxylation is 1. The van der Waals surface area contributed by atoms with Crippen LogP contribution < -0.4 is 20.7 Å². The average molecular weight is 700 g/mol. The Labute approximate surface area is 296 Å². The summed E-state index contributed by atoms with van der Waals surface area (Å²) in [6, 6.07) is 18.7. The molecule has 1 unspecified atom stereocenters. The number of aromatic nitrogens is 3. The Bertz CT molecular complexity index is 1990. The van der Waals surface area contributed by atoms with Gasteiger partial charge in [0.05, 0.1) is 28.5 Å². The first-order valence-corrected chi connectivity index (χ1v) is 17.5. The highest BCUT2D eigenvalue weighted by Gasteiger charge is 2.21. The Kier molecular flexibility index (Phi) is 10.2. The number of carbonyl (C=O) groups is 1. The molecule has 0 aliphatic carbocycles. The molecule has 0 saturated carbocycles. The molecule has 2 aliphatic heterocycles. The maximum absolute atomic E-state index is 11.5. The van der Waals surface area contributed by atoms with Crippen molar-refractivity contribution in [1.82, 2.24) is 30.5 Å². The van der Waals surface area contributed by atoms with E-state index in [0.717, 1.165) is 72.4 Å². The Hall–Kier alpha value is -3.99. The van der Waals surface area contributed by atoms with Gasteiger partial charge >= 0.3 is 0 Å². The van der Waals surface area contributed by atoms with E-state index in [1.54, 1.807) is 13.3 Å². The van der Waals surface area contributed by atoms with Crippen LogP contribution in [0.1, 0.15) is 36.8 Å². The smallest absolute Gasteiger partial charge is 0.220 e. The summed E-state index contributed by atoms with van der Waals surface area (Å²) < 4.78 is 13.3. The fourth-order valence-electron chi connectivity index (χ4n) is 6.84. The van der Waals surface area contributed by atoms with E-state index < -0.39 is 0 Å². The second kappa shape index (κ2) is 14.9. The molecule has 3 N–H and O–H groups in total. The zero-order valence-corrected chi connectivity index (χ0v) is 29.2. The molecule has 2 saturated heterocycles. The van der Waals surface area contributed by atoms with Crippen molar-refractivity contribution in [1.29, 1.82) is 0 Å². The summed E-state index contributed by atoms with van der Waals surface area (Å²) in [7, 11) is 3.69.